The Kier molecular flexibility index (Phi) is 6.72. The number of ether oxygens (including phenoxy) is 2. The molecule has 7 nitrogen and oxygen atoms in total. The molecule has 4 rings (SSSR count). The lowest BCUT2D eigenvalue weighted by molar-refractivity contribution is 0.0676. The van der Waals surface area contributed by atoms with Gasteiger partial charge in [0.05, 0.1) is 18.3 Å². The van der Waals surface area contributed by atoms with Crippen LogP contribution in [0.2, 0.25) is 0 Å². The Labute approximate surface area is 183 Å². The molecule has 2 aromatic heterocycles. The molecule has 3 heterocycles. The summed E-state index contributed by atoms with van der Waals surface area (Å²) in [5.41, 5.74) is 5.35. The second-order valence-corrected chi connectivity index (χ2v) is 7.96. The van der Waals surface area contributed by atoms with Crippen molar-refractivity contribution in [2.24, 2.45) is 4.99 Å². The van der Waals surface area contributed by atoms with Gasteiger partial charge in [0.25, 0.3) is 0 Å². The molecular weight excluding hydrogens is 390 g/mol. The van der Waals surface area contributed by atoms with E-state index >= 15 is 0 Å². The van der Waals surface area contributed by atoms with E-state index < -0.39 is 0 Å². The Morgan fingerprint density at radius 2 is 2.10 bits per heavy atom. The molecule has 0 spiro atoms. The first-order valence-electron chi connectivity index (χ1n) is 10.8. The van der Waals surface area contributed by atoms with Crippen molar-refractivity contribution in [3.8, 4) is 5.75 Å². The van der Waals surface area contributed by atoms with Crippen LogP contribution in [0.5, 0.6) is 5.75 Å². The number of pyridine rings is 1. The highest BCUT2D eigenvalue weighted by Crippen LogP contribution is 2.22. The highest BCUT2D eigenvalue weighted by molar-refractivity contribution is 5.79. The molecule has 0 aliphatic carbocycles. The smallest absolute Gasteiger partial charge is 0.191 e. The molecule has 1 aliphatic rings. The maximum absolute atomic E-state index is 6.10. The number of hydrogen-bond acceptors (Lipinski definition) is 4. The Balaban J connectivity index is 1.35. The van der Waals surface area contributed by atoms with Crippen LogP contribution in [0.1, 0.15) is 35.4 Å². The van der Waals surface area contributed by atoms with Gasteiger partial charge in [-0.1, -0.05) is 18.2 Å². The van der Waals surface area contributed by atoms with Gasteiger partial charge in [-0.25, -0.2) is 4.98 Å². The quantitative estimate of drug-likeness (QED) is 0.452. The molecule has 1 aliphatic heterocycles. The number of imidazole rings is 1. The standard InChI is InChI=1S/C24H31N5O2/c1-17-9-10-19(22(12-17)31-16-21-7-5-11-30-21)13-26-24(25-3)27-14-20-15-29-18(2)6-4-8-23(29)28-20/h4,6,8-10,12,15,21H,5,7,11,13-14,16H2,1-3H3,(H2,25,26,27). The summed E-state index contributed by atoms with van der Waals surface area (Å²) in [7, 11) is 1.77. The summed E-state index contributed by atoms with van der Waals surface area (Å²) in [6.07, 6.45) is 4.44. The van der Waals surface area contributed by atoms with Gasteiger partial charge in [0.2, 0.25) is 0 Å². The Morgan fingerprint density at radius 1 is 1.23 bits per heavy atom. The summed E-state index contributed by atoms with van der Waals surface area (Å²) in [6, 6.07) is 12.4. The molecule has 164 valence electrons. The van der Waals surface area contributed by atoms with Crippen LogP contribution in [0.25, 0.3) is 5.65 Å². The fourth-order valence-corrected chi connectivity index (χ4v) is 3.76. The SMILES string of the molecule is CN=C(NCc1cn2c(C)cccc2n1)NCc1ccc(C)cc1OCC1CCCO1. The van der Waals surface area contributed by atoms with Gasteiger partial charge in [0, 0.05) is 37.7 Å². The van der Waals surface area contributed by atoms with Crippen LogP contribution in [0.4, 0.5) is 0 Å². The molecule has 3 aromatic rings. The molecule has 1 aromatic carbocycles. The lowest BCUT2D eigenvalue weighted by atomic mass is 10.1. The lowest BCUT2D eigenvalue weighted by Crippen LogP contribution is -2.36. The number of hydrogen-bond donors (Lipinski definition) is 2. The molecule has 1 saturated heterocycles. The first kappa shape index (κ1) is 21.2. The number of fused-ring (bicyclic) bond motifs is 1. The molecule has 0 amide bonds. The van der Waals surface area contributed by atoms with Gasteiger partial charge in [-0.3, -0.25) is 4.99 Å². The predicted octanol–water partition coefficient (Wildman–Crippen LogP) is 3.37. The van der Waals surface area contributed by atoms with E-state index in [1.165, 1.54) is 5.56 Å². The van der Waals surface area contributed by atoms with E-state index in [1.54, 1.807) is 7.05 Å². The number of aromatic nitrogens is 2. The highest BCUT2D eigenvalue weighted by atomic mass is 16.5. The van der Waals surface area contributed by atoms with Crippen LogP contribution in [0.3, 0.4) is 0 Å². The third kappa shape index (κ3) is 5.35. The average molecular weight is 422 g/mol. The molecular formula is C24H31N5O2. The minimum atomic E-state index is 0.199. The zero-order chi connectivity index (χ0) is 21.6. The van der Waals surface area contributed by atoms with E-state index in [0.717, 1.165) is 53.8 Å². The largest absolute Gasteiger partial charge is 0.491 e. The Bertz CT molecular complexity index is 1050. The van der Waals surface area contributed by atoms with Crippen molar-refractivity contribution < 1.29 is 9.47 Å². The van der Waals surface area contributed by atoms with Crippen molar-refractivity contribution >= 4 is 11.6 Å². The average Bonchev–Trinajstić information content (AvgIpc) is 3.43. The van der Waals surface area contributed by atoms with Crippen molar-refractivity contribution in [2.45, 2.75) is 45.9 Å². The topological polar surface area (TPSA) is 72.2 Å². The van der Waals surface area contributed by atoms with E-state index in [4.69, 9.17) is 9.47 Å². The van der Waals surface area contributed by atoms with E-state index in [-0.39, 0.29) is 6.10 Å². The van der Waals surface area contributed by atoms with Gasteiger partial charge < -0.3 is 24.5 Å². The summed E-state index contributed by atoms with van der Waals surface area (Å²) in [5.74, 6) is 1.62. The zero-order valence-electron chi connectivity index (χ0n) is 18.5. The van der Waals surface area contributed by atoms with Crippen molar-refractivity contribution in [1.82, 2.24) is 20.0 Å². The van der Waals surface area contributed by atoms with Gasteiger partial charge in [-0.05, 0) is 50.5 Å². The minimum Gasteiger partial charge on any atom is -0.491 e. The Hall–Kier alpha value is -3.06. The van der Waals surface area contributed by atoms with Crippen LogP contribution in [-0.2, 0) is 17.8 Å². The van der Waals surface area contributed by atoms with E-state index in [2.05, 4.69) is 69.3 Å². The summed E-state index contributed by atoms with van der Waals surface area (Å²) in [5, 5.41) is 6.73. The van der Waals surface area contributed by atoms with Gasteiger partial charge >= 0.3 is 0 Å². The third-order valence-corrected chi connectivity index (χ3v) is 5.52. The summed E-state index contributed by atoms with van der Waals surface area (Å²) < 4.78 is 13.9. The fourth-order valence-electron chi connectivity index (χ4n) is 3.76. The van der Waals surface area contributed by atoms with Crippen LogP contribution in [0.15, 0.2) is 47.6 Å². The number of guanidine groups is 1. The van der Waals surface area contributed by atoms with Crippen molar-refractivity contribution in [3.05, 3.63) is 65.1 Å². The van der Waals surface area contributed by atoms with E-state index in [0.29, 0.717) is 19.7 Å². The van der Waals surface area contributed by atoms with Crippen LogP contribution in [-0.4, -0.2) is 41.7 Å². The fraction of sp³-hybridized carbons (Fsp3) is 0.417. The first-order chi connectivity index (χ1) is 15.1. The van der Waals surface area contributed by atoms with Gasteiger partial charge in [-0.2, -0.15) is 0 Å². The van der Waals surface area contributed by atoms with E-state index in [9.17, 15) is 0 Å². The van der Waals surface area contributed by atoms with Gasteiger partial charge in [0.1, 0.15) is 18.0 Å². The second kappa shape index (κ2) is 9.83. The molecule has 1 atom stereocenters. The summed E-state index contributed by atoms with van der Waals surface area (Å²) in [6.45, 7) is 6.79. The molecule has 7 heteroatoms. The second-order valence-electron chi connectivity index (χ2n) is 7.96. The van der Waals surface area contributed by atoms with Gasteiger partial charge in [0.15, 0.2) is 5.96 Å². The molecule has 0 radical (unpaired) electrons. The normalized spacial score (nSPS) is 16.6. The van der Waals surface area contributed by atoms with Crippen LogP contribution < -0.4 is 15.4 Å². The van der Waals surface area contributed by atoms with Crippen LogP contribution in [0, 0.1) is 13.8 Å². The van der Waals surface area contributed by atoms with Crippen molar-refractivity contribution in [1.29, 1.82) is 0 Å². The monoisotopic (exact) mass is 421 g/mol. The summed E-state index contributed by atoms with van der Waals surface area (Å²) >= 11 is 0. The number of nitrogens with one attached hydrogen (secondary N) is 2. The van der Waals surface area contributed by atoms with E-state index in [1.807, 2.05) is 12.1 Å². The molecule has 0 saturated carbocycles. The predicted molar refractivity (Wildman–Crippen MR) is 123 cm³/mol. The number of rotatable bonds is 7. The third-order valence-electron chi connectivity index (χ3n) is 5.52. The van der Waals surface area contributed by atoms with Gasteiger partial charge in [-0.15, -0.1) is 0 Å². The number of aliphatic imine (C=N–C) groups is 1. The van der Waals surface area contributed by atoms with Crippen LogP contribution >= 0.6 is 0 Å². The minimum absolute atomic E-state index is 0.199. The van der Waals surface area contributed by atoms with Crippen molar-refractivity contribution in [3.63, 3.8) is 0 Å². The number of aryl methyl sites for hydroxylation is 2. The Morgan fingerprint density at radius 3 is 2.87 bits per heavy atom. The molecule has 1 unspecified atom stereocenters. The highest BCUT2D eigenvalue weighted by Gasteiger charge is 2.17. The number of benzene rings is 1. The van der Waals surface area contributed by atoms with Crippen molar-refractivity contribution in [2.75, 3.05) is 20.3 Å². The molecule has 31 heavy (non-hydrogen) atoms. The zero-order valence-corrected chi connectivity index (χ0v) is 18.5. The molecule has 1 fully saturated rings. The maximum atomic E-state index is 6.10. The molecule has 0 bridgehead atoms. The number of nitrogens with zero attached hydrogens (tertiary/aromatic N) is 3. The summed E-state index contributed by atoms with van der Waals surface area (Å²) in [4.78, 5) is 9.01. The lowest BCUT2D eigenvalue weighted by Gasteiger charge is -2.17. The maximum Gasteiger partial charge on any atom is 0.191 e. The first-order valence-corrected chi connectivity index (χ1v) is 10.8. The molecule has 2 N–H and O–H groups in total.